The van der Waals surface area contributed by atoms with Crippen LogP contribution in [-0.2, 0) is 0 Å². The van der Waals surface area contributed by atoms with Crippen LogP contribution in [0.15, 0.2) is 29.4 Å². The van der Waals surface area contributed by atoms with Crippen LogP contribution in [0, 0.1) is 0 Å². The first kappa shape index (κ1) is 12.9. The average molecular weight is 243 g/mol. The van der Waals surface area contributed by atoms with E-state index in [-0.39, 0.29) is 5.75 Å². The Morgan fingerprint density at radius 2 is 2.12 bits per heavy atom. The van der Waals surface area contributed by atoms with Gasteiger partial charge in [0.2, 0.25) is 0 Å². The van der Waals surface area contributed by atoms with Gasteiger partial charge in [0, 0.05) is 5.56 Å². The third-order valence-corrected chi connectivity index (χ3v) is 1.83. The number of ether oxygens (including phenoxy) is 1. The van der Waals surface area contributed by atoms with Gasteiger partial charge in [0.15, 0.2) is 0 Å². The lowest BCUT2D eigenvalue weighted by atomic mass is 10.1. The smallest absolute Gasteiger partial charge is 0.387 e. The lowest BCUT2D eigenvalue weighted by Gasteiger charge is -2.09. The molecule has 0 aliphatic heterocycles. The number of carbonyl (C=O) groups is 1. The molecule has 0 bridgehead atoms. The fraction of sp³-hybridized carbons (Fsp3) is 0.200. The Hall–Kier alpha value is -2.18. The molecular weight excluding hydrogens is 232 g/mol. The van der Waals surface area contributed by atoms with Crippen molar-refractivity contribution in [3.63, 3.8) is 0 Å². The van der Waals surface area contributed by atoms with E-state index in [0.29, 0.717) is 11.3 Å². The van der Waals surface area contributed by atoms with Crippen LogP contribution in [0.5, 0.6) is 5.75 Å². The van der Waals surface area contributed by atoms with E-state index in [2.05, 4.69) is 9.84 Å². The van der Waals surface area contributed by atoms with Gasteiger partial charge >= 0.3 is 12.6 Å². The van der Waals surface area contributed by atoms with Crippen LogP contribution in [0.4, 0.5) is 13.6 Å². The predicted molar refractivity (Wildman–Crippen MR) is 58.0 cm³/mol. The fourth-order valence-electron chi connectivity index (χ4n) is 1.16. The number of nitrogens with one attached hydrogen (secondary N) is 1. The maximum Gasteiger partial charge on any atom is 0.387 e. The Balaban J connectivity index is 2.96. The SMILES string of the molecule is CC(=NNC(N)=O)c1ccccc1OC(F)F. The quantitative estimate of drug-likeness (QED) is 0.623. The molecule has 17 heavy (non-hydrogen) atoms. The summed E-state index contributed by atoms with van der Waals surface area (Å²) in [5, 5.41) is 3.63. The van der Waals surface area contributed by atoms with E-state index in [4.69, 9.17) is 5.73 Å². The highest BCUT2D eigenvalue weighted by Gasteiger charge is 2.11. The molecule has 0 saturated heterocycles. The van der Waals surface area contributed by atoms with Gasteiger partial charge in [-0.25, -0.2) is 10.2 Å². The van der Waals surface area contributed by atoms with Crippen molar-refractivity contribution in [1.29, 1.82) is 0 Å². The van der Waals surface area contributed by atoms with Crippen molar-refractivity contribution in [3.05, 3.63) is 29.8 Å². The zero-order chi connectivity index (χ0) is 12.8. The summed E-state index contributed by atoms with van der Waals surface area (Å²) in [6.45, 7) is -1.39. The summed E-state index contributed by atoms with van der Waals surface area (Å²) in [6.07, 6.45) is 0. The molecule has 1 aromatic rings. The van der Waals surface area contributed by atoms with E-state index >= 15 is 0 Å². The standard InChI is InChI=1S/C10H11F2N3O2/c1-6(14-15-10(13)16)7-4-2-3-5-8(7)17-9(11)12/h2-5,9H,1H3,(H3,13,15,16). The van der Waals surface area contributed by atoms with Crippen molar-refractivity contribution >= 4 is 11.7 Å². The summed E-state index contributed by atoms with van der Waals surface area (Å²) in [5.74, 6) is -0.0185. The number of benzene rings is 1. The number of primary amides is 1. The van der Waals surface area contributed by atoms with Crippen molar-refractivity contribution < 1.29 is 18.3 Å². The average Bonchev–Trinajstić information content (AvgIpc) is 2.25. The highest BCUT2D eigenvalue weighted by Crippen LogP contribution is 2.20. The Labute approximate surface area is 96.3 Å². The molecule has 1 aromatic carbocycles. The Kier molecular flexibility index (Phi) is 4.38. The second-order valence-corrected chi connectivity index (χ2v) is 3.05. The number of rotatable bonds is 4. The normalized spacial score (nSPS) is 11.4. The highest BCUT2D eigenvalue weighted by molar-refractivity contribution is 6.01. The second-order valence-electron chi connectivity index (χ2n) is 3.05. The first-order valence-electron chi connectivity index (χ1n) is 4.64. The van der Waals surface area contributed by atoms with Gasteiger partial charge in [0.05, 0.1) is 5.71 Å². The molecule has 0 fully saturated rings. The van der Waals surface area contributed by atoms with Crippen LogP contribution in [0.1, 0.15) is 12.5 Å². The molecule has 0 aliphatic rings. The van der Waals surface area contributed by atoms with E-state index in [1.807, 2.05) is 5.43 Å². The zero-order valence-corrected chi connectivity index (χ0v) is 8.98. The van der Waals surface area contributed by atoms with Gasteiger partial charge in [-0.2, -0.15) is 13.9 Å². The largest absolute Gasteiger partial charge is 0.434 e. The Bertz CT molecular complexity index is 435. The molecule has 0 saturated carbocycles. The minimum Gasteiger partial charge on any atom is -0.434 e. The molecule has 3 N–H and O–H groups in total. The minimum atomic E-state index is -2.92. The predicted octanol–water partition coefficient (Wildman–Crippen LogP) is 1.68. The van der Waals surface area contributed by atoms with E-state index in [0.717, 1.165) is 0 Å². The number of hydrogen-bond donors (Lipinski definition) is 2. The third kappa shape index (κ3) is 4.06. The van der Waals surface area contributed by atoms with Gasteiger partial charge in [-0.3, -0.25) is 0 Å². The summed E-state index contributed by atoms with van der Waals surface area (Å²) in [5.41, 5.74) is 7.49. The van der Waals surface area contributed by atoms with Crippen molar-refractivity contribution in [1.82, 2.24) is 5.43 Å². The minimum absolute atomic E-state index is 0.0185. The number of alkyl halides is 2. The van der Waals surface area contributed by atoms with Gasteiger partial charge in [-0.15, -0.1) is 0 Å². The number of amides is 2. The molecule has 2 amide bonds. The highest BCUT2D eigenvalue weighted by atomic mass is 19.3. The van der Waals surface area contributed by atoms with E-state index in [1.165, 1.54) is 13.0 Å². The van der Waals surface area contributed by atoms with E-state index in [9.17, 15) is 13.6 Å². The van der Waals surface area contributed by atoms with Gasteiger partial charge in [0.25, 0.3) is 0 Å². The molecule has 5 nitrogen and oxygen atoms in total. The van der Waals surface area contributed by atoms with E-state index < -0.39 is 12.6 Å². The first-order valence-corrected chi connectivity index (χ1v) is 4.64. The van der Waals surface area contributed by atoms with Crippen molar-refractivity contribution in [3.8, 4) is 5.75 Å². The van der Waals surface area contributed by atoms with E-state index in [1.54, 1.807) is 18.2 Å². The third-order valence-electron chi connectivity index (χ3n) is 1.83. The number of hydrazone groups is 1. The number of nitrogens with zero attached hydrogens (tertiary/aromatic N) is 1. The van der Waals surface area contributed by atoms with Gasteiger partial charge < -0.3 is 10.5 Å². The number of carbonyl (C=O) groups excluding carboxylic acids is 1. The van der Waals surface area contributed by atoms with Gasteiger partial charge in [-0.1, -0.05) is 12.1 Å². The summed E-state index contributed by atoms with van der Waals surface area (Å²) in [7, 11) is 0. The molecular formula is C10H11F2N3O2. The number of para-hydroxylation sites is 1. The lowest BCUT2D eigenvalue weighted by Crippen LogP contribution is -2.25. The number of hydrogen-bond acceptors (Lipinski definition) is 3. The maximum absolute atomic E-state index is 12.1. The second kappa shape index (κ2) is 5.78. The monoisotopic (exact) mass is 243 g/mol. The maximum atomic E-state index is 12.1. The summed E-state index contributed by atoms with van der Waals surface area (Å²) in [6, 6.07) is 5.27. The molecule has 0 atom stereocenters. The van der Waals surface area contributed by atoms with Crippen molar-refractivity contribution in [2.45, 2.75) is 13.5 Å². The van der Waals surface area contributed by atoms with Crippen LogP contribution in [0.2, 0.25) is 0 Å². The van der Waals surface area contributed by atoms with Crippen LogP contribution >= 0.6 is 0 Å². The van der Waals surface area contributed by atoms with Crippen LogP contribution in [-0.4, -0.2) is 18.4 Å². The van der Waals surface area contributed by atoms with Crippen LogP contribution in [0.3, 0.4) is 0 Å². The summed E-state index contributed by atoms with van der Waals surface area (Å²) < 4.78 is 28.6. The molecule has 0 aliphatic carbocycles. The fourth-order valence-corrected chi connectivity index (χ4v) is 1.16. The number of halogens is 2. The lowest BCUT2D eigenvalue weighted by molar-refractivity contribution is -0.0499. The molecule has 0 aromatic heterocycles. The van der Waals surface area contributed by atoms with Gasteiger partial charge in [-0.05, 0) is 19.1 Å². The number of nitrogens with two attached hydrogens (primary N) is 1. The zero-order valence-electron chi connectivity index (χ0n) is 8.98. The molecule has 1 rings (SSSR count). The molecule has 92 valence electrons. The number of urea groups is 1. The van der Waals surface area contributed by atoms with Gasteiger partial charge in [0.1, 0.15) is 5.75 Å². The van der Waals surface area contributed by atoms with Crippen LogP contribution < -0.4 is 15.9 Å². The molecule has 0 unspecified atom stereocenters. The molecule has 0 spiro atoms. The Morgan fingerprint density at radius 1 is 1.47 bits per heavy atom. The topological polar surface area (TPSA) is 76.7 Å². The molecule has 7 heteroatoms. The molecule has 0 heterocycles. The molecule has 0 radical (unpaired) electrons. The first-order chi connectivity index (χ1) is 8.00. The van der Waals surface area contributed by atoms with Crippen LogP contribution in [0.25, 0.3) is 0 Å². The summed E-state index contributed by atoms with van der Waals surface area (Å²) >= 11 is 0. The van der Waals surface area contributed by atoms with Crippen molar-refractivity contribution in [2.75, 3.05) is 0 Å². The Morgan fingerprint density at radius 3 is 2.71 bits per heavy atom. The summed E-state index contributed by atoms with van der Waals surface area (Å²) in [4.78, 5) is 10.5. The van der Waals surface area contributed by atoms with Crippen molar-refractivity contribution in [2.24, 2.45) is 10.8 Å².